The molecule has 4 aromatic rings. The second kappa shape index (κ2) is 14.7. The van der Waals surface area contributed by atoms with Crippen LogP contribution in [0, 0.1) is 35.5 Å². The Morgan fingerprint density at radius 3 is 2.29 bits per heavy atom. The Balaban J connectivity index is 1.13. The molecule has 51 heavy (non-hydrogen) atoms. The molecule has 2 aliphatic rings. The zero-order valence-corrected chi connectivity index (χ0v) is 31.5. The van der Waals surface area contributed by atoms with Crippen molar-refractivity contribution in [2.24, 2.45) is 23.7 Å². The van der Waals surface area contributed by atoms with Gasteiger partial charge < -0.3 is 24.9 Å². The number of hydrogen-bond acceptors (Lipinski definition) is 5. The number of amides is 2. The van der Waals surface area contributed by atoms with Gasteiger partial charge in [0, 0.05) is 41.6 Å². The van der Waals surface area contributed by atoms with Gasteiger partial charge in [-0.05, 0) is 80.3 Å². The topological polar surface area (TPSA) is 118 Å². The highest BCUT2D eigenvalue weighted by Gasteiger charge is 2.46. The van der Waals surface area contributed by atoms with Crippen molar-refractivity contribution in [3.63, 3.8) is 0 Å². The summed E-state index contributed by atoms with van der Waals surface area (Å²) in [6.07, 6.45) is 4.88. The number of nitrogens with zero attached hydrogens (tertiary/aromatic N) is 4. The fraction of sp³-hybridized carbons (Fsp3) is 0.524. The van der Waals surface area contributed by atoms with Crippen molar-refractivity contribution in [1.29, 1.82) is 0 Å². The molecule has 4 heterocycles. The van der Waals surface area contributed by atoms with Crippen LogP contribution in [0.4, 0.5) is 0 Å². The van der Waals surface area contributed by atoms with Gasteiger partial charge in [-0.2, -0.15) is 0 Å². The van der Waals surface area contributed by atoms with E-state index in [1.54, 1.807) is 0 Å². The van der Waals surface area contributed by atoms with Gasteiger partial charge in [0.25, 0.3) is 0 Å². The van der Waals surface area contributed by atoms with E-state index in [1.165, 1.54) is 0 Å². The molecule has 2 aliphatic heterocycles. The Morgan fingerprint density at radius 1 is 0.882 bits per heavy atom. The van der Waals surface area contributed by atoms with Crippen LogP contribution in [0.1, 0.15) is 116 Å². The number of aliphatic hydroxyl groups is 1. The molecule has 2 saturated heterocycles. The predicted octanol–water partition coefficient (Wildman–Crippen LogP) is 7.45. The summed E-state index contributed by atoms with van der Waals surface area (Å²) < 4.78 is 0. The minimum atomic E-state index is -0.670. The molecular weight excluding hydrogens is 637 g/mol. The first kappa shape index (κ1) is 36.4. The fourth-order valence-electron chi connectivity index (χ4n) is 7.77. The Kier molecular flexibility index (Phi) is 10.5. The van der Waals surface area contributed by atoms with E-state index in [9.17, 15) is 14.7 Å². The van der Waals surface area contributed by atoms with Crippen molar-refractivity contribution in [1.82, 2.24) is 29.7 Å². The highest BCUT2D eigenvalue weighted by molar-refractivity contribution is 5.81. The lowest BCUT2D eigenvalue weighted by atomic mass is 9.82. The number of carbonyl (C=O) groups excluding carboxylic acids is 2. The van der Waals surface area contributed by atoms with Gasteiger partial charge in [-0.15, -0.1) is 0 Å². The van der Waals surface area contributed by atoms with Crippen LogP contribution in [0.15, 0.2) is 48.7 Å². The van der Waals surface area contributed by atoms with Gasteiger partial charge in [-0.1, -0.05) is 72.4 Å². The van der Waals surface area contributed by atoms with Crippen molar-refractivity contribution in [2.75, 3.05) is 13.1 Å². The number of H-pyrrole nitrogens is 2. The first-order chi connectivity index (χ1) is 24.3. The summed E-state index contributed by atoms with van der Waals surface area (Å²) in [5.74, 6) is 8.44. The van der Waals surface area contributed by atoms with E-state index in [-0.39, 0.29) is 41.1 Å². The van der Waals surface area contributed by atoms with Crippen LogP contribution in [0.3, 0.4) is 0 Å². The second-order valence-electron chi connectivity index (χ2n) is 15.8. The van der Waals surface area contributed by atoms with Crippen molar-refractivity contribution >= 4 is 22.8 Å². The molecule has 0 aliphatic carbocycles. The third-order valence-electron chi connectivity index (χ3n) is 11.8. The molecule has 270 valence electrons. The van der Waals surface area contributed by atoms with Gasteiger partial charge in [0.15, 0.2) is 0 Å². The van der Waals surface area contributed by atoms with Gasteiger partial charge in [0.2, 0.25) is 11.8 Å². The molecule has 0 radical (unpaired) electrons. The average Bonchev–Trinajstić information content (AvgIpc) is 3.95. The summed E-state index contributed by atoms with van der Waals surface area (Å²) in [6, 6.07) is 14.0. The van der Waals surface area contributed by atoms with E-state index >= 15 is 0 Å². The van der Waals surface area contributed by atoms with Crippen LogP contribution in [-0.4, -0.2) is 71.4 Å². The van der Waals surface area contributed by atoms with Crippen LogP contribution >= 0.6 is 0 Å². The van der Waals surface area contributed by atoms with E-state index in [0.29, 0.717) is 12.5 Å². The normalized spacial score (nSPS) is 21.6. The Hall–Kier alpha value is -4.42. The van der Waals surface area contributed by atoms with Gasteiger partial charge in [0.1, 0.15) is 11.6 Å². The summed E-state index contributed by atoms with van der Waals surface area (Å²) in [6.45, 7) is 17.8. The van der Waals surface area contributed by atoms with Crippen LogP contribution in [0.25, 0.3) is 22.3 Å². The largest absolute Gasteiger partial charge is 0.392 e. The average molecular weight is 691 g/mol. The molecule has 2 aromatic carbocycles. The Morgan fingerprint density at radius 2 is 1.59 bits per heavy atom. The van der Waals surface area contributed by atoms with E-state index in [0.717, 1.165) is 77.3 Å². The van der Waals surface area contributed by atoms with E-state index in [2.05, 4.69) is 59.4 Å². The smallest absolute Gasteiger partial charge is 0.228 e. The SMILES string of the molecule is CC(C)C(C)C(=O)N1CCCC1(C)C(C)c1nc2ccc(C#Cc3ccc(-c4cnc(C5CCCN5C(=O)C(C)C(O)C(C)C)[nH]4)cc3)cc2[nH]1. The lowest BCUT2D eigenvalue weighted by Crippen LogP contribution is -2.51. The molecule has 0 bridgehead atoms. The number of rotatable bonds is 9. The number of benzene rings is 2. The molecule has 6 unspecified atom stereocenters. The first-order valence-electron chi connectivity index (χ1n) is 18.8. The molecule has 0 spiro atoms. The monoisotopic (exact) mass is 690 g/mol. The second-order valence-corrected chi connectivity index (χ2v) is 15.8. The maximum absolute atomic E-state index is 13.4. The van der Waals surface area contributed by atoms with Crippen molar-refractivity contribution in [3.05, 3.63) is 71.4 Å². The maximum atomic E-state index is 13.4. The molecule has 3 N–H and O–H groups in total. The minimum absolute atomic E-state index is 0.00688. The number of aliphatic hydroxyl groups excluding tert-OH is 1. The summed E-state index contributed by atoms with van der Waals surface area (Å²) >= 11 is 0. The molecule has 9 nitrogen and oxygen atoms in total. The third kappa shape index (κ3) is 7.21. The van der Waals surface area contributed by atoms with E-state index in [4.69, 9.17) is 4.98 Å². The molecule has 0 saturated carbocycles. The highest BCUT2D eigenvalue weighted by atomic mass is 16.3. The molecular formula is C42H54N6O3. The maximum Gasteiger partial charge on any atom is 0.228 e. The van der Waals surface area contributed by atoms with Gasteiger partial charge in [-0.3, -0.25) is 9.59 Å². The van der Waals surface area contributed by atoms with Gasteiger partial charge in [0.05, 0.1) is 41.0 Å². The molecule has 6 atom stereocenters. The molecule has 9 heteroatoms. The van der Waals surface area contributed by atoms with E-state index < -0.39 is 12.0 Å². The number of nitrogens with one attached hydrogen (secondary N) is 2. The number of aromatic nitrogens is 4. The number of hydrogen-bond donors (Lipinski definition) is 3. The van der Waals surface area contributed by atoms with Crippen molar-refractivity contribution in [3.8, 4) is 23.1 Å². The van der Waals surface area contributed by atoms with Crippen LogP contribution < -0.4 is 0 Å². The zero-order chi connectivity index (χ0) is 36.6. The summed E-state index contributed by atoms with van der Waals surface area (Å²) in [7, 11) is 0. The first-order valence-corrected chi connectivity index (χ1v) is 18.8. The highest BCUT2D eigenvalue weighted by Crippen LogP contribution is 2.42. The van der Waals surface area contributed by atoms with Crippen LogP contribution in [-0.2, 0) is 9.59 Å². The number of carbonyl (C=O) groups is 2. The third-order valence-corrected chi connectivity index (χ3v) is 11.8. The lowest BCUT2D eigenvalue weighted by Gasteiger charge is -2.41. The predicted molar refractivity (Wildman–Crippen MR) is 202 cm³/mol. The summed E-state index contributed by atoms with van der Waals surface area (Å²) in [4.78, 5) is 47.3. The number of aromatic amines is 2. The lowest BCUT2D eigenvalue weighted by molar-refractivity contribution is -0.141. The molecule has 2 amide bonds. The summed E-state index contributed by atoms with van der Waals surface area (Å²) in [5.41, 5.74) is 5.24. The fourth-order valence-corrected chi connectivity index (χ4v) is 7.77. The number of imidazole rings is 2. The molecule has 2 fully saturated rings. The quantitative estimate of drug-likeness (QED) is 0.158. The Labute approximate surface area is 302 Å². The standard InChI is InChI=1S/C42H54N6O3/c1-25(2)27(5)41(51)48-22-10-20-42(48,8)29(7)38-44-33-19-16-31(23-34(33)45-38)13-12-30-14-17-32(18-15-30)35-24-43-39(46-35)36-11-9-21-47(36)40(50)28(6)37(49)26(3)4/h14-19,23-29,36-37,49H,9-11,20-22H2,1-8H3,(H,43,46)(H,44,45). The van der Waals surface area contributed by atoms with Gasteiger partial charge >= 0.3 is 0 Å². The number of likely N-dealkylation sites (tertiary alicyclic amines) is 2. The Bertz CT molecular complexity index is 1930. The van der Waals surface area contributed by atoms with Gasteiger partial charge in [-0.25, -0.2) is 9.97 Å². The zero-order valence-electron chi connectivity index (χ0n) is 31.5. The van der Waals surface area contributed by atoms with Crippen LogP contribution in [0.5, 0.6) is 0 Å². The molecule has 6 rings (SSSR count). The van der Waals surface area contributed by atoms with Crippen LogP contribution in [0.2, 0.25) is 0 Å². The molecule has 2 aromatic heterocycles. The van der Waals surface area contributed by atoms with Crippen molar-refractivity contribution < 1.29 is 14.7 Å². The summed E-state index contributed by atoms with van der Waals surface area (Å²) in [5, 5.41) is 10.5. The number of fused-ring (bicyclic) bond motifs is 1. The minimum Gasteiger partial charge on any atom is -0.392 e. The van der Waals surface area contributed by atoms with Crippen molar-refractivity contribution in [2.45, 2.75) is 105 Å². The van der Waals surface area contributed by atoms with E-state index in [1.807, 2.05) is 81.3 Å².